The van der Waals surface area contributed by atoms with Crippen LogP contribution in [0, 0.1) is 5.92 Å². The zero-order valence-corrected chi connectivity index (χ0v) is 12.0. The van der Waals surface area contributed by atoms with Gasteiger partial charge in [0.2, 0.25) is 0 Å². The number of amides is 1. The van der Waals surface area contributed by atoms with Crippen LogP contribution in [-0.4, -0.2) is 59.9 Å². The van der Waals surface area contributed by atoms with Crippen molar-refractivity contribution in [1.82, 2.24) is 29.9 Å². The van der Waals surface area contributed by atoms with Crippen molar-refractivity contribution in [2.24, 2.45) is 13.0 Å². The summed E-state index contributed by atoms with van der Waals surface area (Å²) in [5.41, 5.74) is 0.682. The molecule has 1 fully saturated rings. The number of H-pyrrole nitrogens is 1. The van der Waals surface area contributed by atoms with Gasteiger partial charge in [-0.25, -0.2) is 4.98 Å². The maximum atomic E-state index is 12.5. The van der Waals surface area contributed by atoms with E-state index in [2.05, 4.69) is 20.4 Å². The second-order valence-electron chi connectivity index (χ2n) is 5.43. The maximum Gasteiger partial charge on any atom is 0.303 e. The lowest BCUT2D eigenvalue weighted by atomic mass is 9.91. The average molecular weight is 304 g/mol. The molecule has 9 nitrogen and oxygen atoms in total. The van der Waals surface area contributed by atoms with Crippen molar-refractivity contribution >= 4 is 11.9 Å². The molecule has 2 aromatic heterocycles. The van der Waals surface area contributed by atoms with Crippen molar-refractivity contribution in [3.8, 4) is 0 Å². The van der Waals surface area contributed by atoms with E-state index in [1.807, 2.05) is 0 Å². The number of carboxylic acid groups (broad SMARTS) is 1. The van der Waals surface area contributed by atoms with Crippen LogP contribution in [0.4, 0.5) is 0 Å². The van der Waals surface area contributed by atoms with Gasteiger partial charge in [0, 0.05) is 38.4 Å². The van der Waals surface area contributed by atoms with Crippen LogP contribution in [0.5, 0.6) is 0 Å². The fraction of sp³-hybridized carbons (Fsp3) is 0.462. The number of carbonyl (C=O) groups excluding carboxylic acids is 1. The van der Waals surface area contributed by atoms with Crippen molar-refractivity contribution in [2.45, 2.75) is 12.3 Å². The summed E-state index contributed by atoms with van der Waals surface area (Å²) in [4.78, 5) is 29.3. The van der Waals surface area contributed by atoms with Gasteiger partial charge in [0.1, 0.15) is 0 Å². The third-order valence-corrected chi connectivity index (χ3v) is 3.99. The molecule has 0 spiro atoms. The molecule has 0 radical (unpaired) electrons. The SMILES string of the molecule is Cn1ccnc1C(=O)N1C[C@@H](CC(=O)O)[C@@H](c2cn[nH]n2)C1. The smallest absolute Gasteiger partial charge is 0.303 e. The minimum absolute atomic E-state index is 0.0120. The summed E-state index contributed by atoms with van der Waals surface area (Å²) < 4.78 is 1.65. The number of rotatable bonds is 4. The molecule has 1 saturated heterocycles. The van der Waals surface area contributed by atoms with E-state index in [0.29, 0.717) is 24.6 Å². The second kappa shape index (κ2) is 5.58. The fourth-order valence-corrected chi connectivity index (χ4v) is 2.91. The normalized spacial score (nSPS) is 21.2. The number of nitrogens with zero attached hydrogens (tertiary/aromatic N) is 5. The minimum Gasteiger partial charge on any atom is -0.481 e. The predicted molar refractivity (Wildman–Crippen MR) is 74.0 cm³/mol. The Bertz CT molecular complexity index is 680. The molecule has 2 aromatic rings. The van der Waals surface area contributed by atoms with Gasteiger partial charge >= 0.3 is 5.97 Å². The summed E-state index contributed by atoms with van der Waals surface area (Å²) >= 11 is 0. The van der Waals surface area contributed by atoms with Crippen LogP contribution in [0.15, 0.2) is 18.6 Å². The van der Waals surface area contributed by atoms with Crippen LogP contribution in [0.25, 0.3) is 0 Å². The molecule has 116 valence electrons. The van der Waals surface area contributed by atoms with Crippen molar-refractivity contribution in [3.63, 3.8) is 0 Å². The van der Waals surface area contributed by atoms with Crippen molar-refractivity contribution in [1.29, 1.82) is 0 Å². The van der Waals surface area contributed by atoms with Crippen molar-refractivity contribution < 1.29 is 14.7 Å². The van der Waals surface area contributed by atoms with E-state index in [0.717, 1.165) is 0 Å². The molecule has 1 amide bonds. The standard InChI is InChI=1S/C13H16N6O3/c1-18-3-2-14-12(18)13(22)19-6-8(4-11(20)21)9(7-19)10-5-15-17-16-10/h2-3,5,8-9H,4,6-7H2,1H3,(H,20,21)(H,15,16,17)/t8-,9+/m1/s1. The molecule has 0 saturated carbocycles. The predicted octanol–water partition coefficient (Wildman–Crippen LogP) is -0.131. The zero-order chi connectivity index (χ0) is 15.7. The Hall–Kier alpha value is -2.71. The van der Waals surface area contributed by atoms with Gasteiger partial charge < -0.3 is 14.6 Å². The van der Waals surface area contributed by atoms with Gasteiger partial charge in [-0.3, -0.25) is 9.59 Å². The number of aromatic amines is 1. The topological polar surface area (TPSA) is 117 Å². The van der Waals surface area contributed by atoms with Crippen LogP contribution >= 0.6 is 0 Å². The molecule has 3 rings (SSSR count). The van der Waals surface area contributed by atoms with Gasteiger partial charge in [-0.1, -0.05) is 0 Å². The molecule has 9 heteroatoms. The number of likely N-dealkylation sites (tertiary alicyclic amines) is 1. The number of nitrogens with one attached hydrogen (secondary N) is 1. The van der Waals surface area contributed by atoms with Crippen LogP contribution in [-0.2, 0) is 11.8 Å². The molecule has 3 heterocycles. The first-order chi connectivity index (χ1) is 10.6. The number of aliphatic carboxylic acids is 1. The monoisotopic (exact) mass is 304 g/mol. The van der Waals surface area contributed by atoms with E-state index in [-0.39, 0.29) is 24.2 Å². The number of carbonyl (C=O) groups is 2. The van der Waals surface area contributed by atoms with E-state index in [4.69, 9.17) is 5.11 Å². The Morgan fingerprint density at radius 2 is 2.27 bits per heavy atom. The first kappa shape index (κ1) is 14.2. The summed E-state index contributed by atoms with van der Waals surface area (Å²) in [6.45, 7) is 0.783. The van der Waals surface area contributed by atoms with Crippen LogP contribution in [0.3, 0.4) is 0 Å². The highest BCUT2D eigenvalue weighted by molar-refractivity contribution is 5.91. The Balaban J connectivity index is 1.82. The van der Waals surface area contributed by atoms with E-state index >= 15 is 0 Å². The third kappa shape index (κ3) is 2.57. The molecule has 2 N–H and O–H groups in total. The molecule has 22 heavy (non-hydrogen) atoms. The molecule has 1 aliphatic rings. The largest absolute Gasteiger partial charge is 0.481 e. The Kier molecular flexibility index (Phi) is 3.61. The molecule has 2 atom stereocenters. The summed E-state index contributed by atoms with van der Waals surface area (Å²) in [6, 6.07) is 0. The van der Waals surface area contributed by atoms with Gasteiger partial charge in [0.15, 0.2) is 5.82 Å². The number of aryl methyl sites for hydroxylation is 1. The molecular weight excluding hydrogens is 288 g/mol. The van der Waals surface area contributed by atoms with Crippen molar-refractivity contribution in [2.75, 3.05) is 13.1 Å². The Labute approximate surface area is 126 Å². The lowest BCUT2D eigenvalue weighted by molar-refractivity contribution is -0.138. The van der Waals surface area contributed by atoms with E-state index in [9.17, 15) is 9.59 Å². The third-order valence-electron chi connectivity index (χ3n) is 3.99. The van der Waals surface area contributed by atoms with Crippen LogP contribution in [0.2, 0.25) is 0 Å². The quantitative estimate of drug-likeness (QED) is 0.812. The number of carboxylic acids is 1. The van der Waals surface area contributed by atoms with Gasteiger partial charge in [0.25, 0.3) is 5.91 Å². The molecule has 0 aliphatic carbocycles. The number of imidazole rings is 1. The molecule has 0 aromatic carbocycles. The first-order valence-electron chi connectivity index (χ1n) is 6.90. The average Bonchev–Trinajstić information content (AvgIpc) is 3.16. The van der Waals surface area contributed by atoms with E-state index in [1.165, 1.54) is 0 Å². The lowest BCUT2D eigenvalue weighted by Crippen LogP contribution is -2.31. The molecule has 0 bridgehead atoms. The zero-order valence-electron chi connectivity index (χ0n) is 12.0. The molecule has 0 unspecified atom stereocenters. The molecule has 1 aliphatic heterocycles. The van der Waals surface area contributed by atoms with E-state index in [1.54, 1.807) is 35.1 Å². The van der Waals surface area contributed by atoms with Gasteiger partial charge in [-0.05, 0) is 5.92 Å². The summed E-state index contributed by atoms with van der Waals surface area (Å²) in [7, 11) is 1.75. The summed E-state index contributed by atoms with van der Waals surface area (Å²) in [5, 5.41) is 19.4. The maximum absolute atomic E-state index is 12.5. The van der Waals surface area contributed by atoms with Gasteiger partial charge in [0.05, 0.1) is 18.3 Å². The summed E-state index contributed by atoms with van der Waals surface area (Å²) in [6.07, 6.45) is 4.83. The highest BCUT2D eigenvalue weighted by atomic mass is 16.4. The lowest BCUT2D eigenvalue weighted by Gasteiger charge is -2.15. The fourth-order valence-electron chi connectivity index (χ4n) is 2.91. The first-order valence-corrected chi connectivity index (χ1v) is 6.90. The van der Waals surface area contributed by atoms with Gasteiger partial charge in [-0.2, -0.15) is 15.4 Å². The Morgan fingerprint density at radius 3 is 2.86 bits per heavy atom. The second-order valence-corrected chi connectivity index (χ2v) is 5.43. The van der Waals surface area contributed by atoms with Crippen LogP contribution in [0.1, 0.15) is 28.7 Å². The number of aromatic nitrogens is 5. The number of hydrogen-bond acceptors (Lipinski definition) is 5. The minimum atomic E-state index is -0.884. The Morgan fingerprint density at radius 1 is 1.45 bits per heavy atom. The molecular formula is C13H16N6O3. The van der Waals surface area contributed by atoms with Crippen molar-refractivity contribution in [3.05, 3.63) is 30.1 Å². The van der Waals surface area contributed by atoms with Crippen LogP contribution < -0.4 is 0 Å². The highest BCUT2D eigenvalue weighted by Crippen LogP contribution is 2.34. The number of hydrogen-bond donors (Lipinski definition) is 2. The van der Waals surface area contributed by atoms with E-state index < -0.39 is 5.97 Å². The van der Waals surface area contributed by atoms with Gasteiger partial charge in [-0.15, -0.1) is 0 Å². The summed E-state index contributed by atoms with van der Waals surface area (Å²) in [5.74, 6) is -1.07. The highest BCUT2D eigenvalue weighted by Gasteiger charge is 2.39.